The molecule has 0 saturated carbocycles. The maximum atomic E-state index is 2.43. The molecule has 0 unspecified atom stereocenters. The molecule has 45 heavy (non-hydrogen) atoms. The second kappa shape index (κ2) is 10.5. The van der Waals surface area contributed by atoms with Crippen LogP contribution in [0.1, 0.15) is 16.7 Å². The molecule has 1 aliphatic carbocycles. The fourth-order valence-electron chi connectivity index (χ4n) is 7.29. The second-order valence-corrected chi connectivity index (χ2v) is 12.0. The first-order valence-electron chi connectivity index (χ1n) is 15.7. The highest BCUT2D eigenvalue weighted by molar-refractivity contribution is 6.23. The fraction of sp³-hybridized carbons (Fsp3) is 0.0222. The molecule has 0 heteroatoms. The largest absolute Gasteiger partial charge is 0.0722 e. The van der Waals surface area contributed by atoms with Crippen LogP contribution in [0.5, 0.6) is 0 Å². The predicted molar refractivity (Wildman–Crippen MR) is 194 cm³/mol. The lowest BCUT2D eigenvalue weighted by Gasteiger charge is -2.16. The lowest BCUT2D eigenvalue weighted by atomic mass is 9.87. The molecule has 0 saturated heterocycles. The molecule has 0 spiro atoms. The van der Waals surface area contributed by atoms with Crippen molar-refractivity contribution in [1.29, 1.82) is 0 Å². The Bertz CT molecular complexity index is 2480. The topological polar surface area (TPSA) is 0 Å². The van der Waals surface area contributed by atoms with E-state index >= 15 is 0 Å². The van der Waals surface area contributed by atoms with Gasteiger partial charge < -0.3 is 0 Å². The van der Waals surface area contributed by atoms with Gasteiger partial charge in [0.25, 0.3) is 0 Å². The number of hydrogen-bond acceptors (Lipinski definition) is 0. The minimum absolute atomic E-state index is 0.930. The Morgan fingerprint density at radius 2 is 0.911 bits per heavy atom. The third-order valence-electron chi connectivity index (χ3n) is 9.53. The molecule has 9 rings (SSSR count). The SMILES string of the molecule is C1=Cc2ccccc2CC=C1c1cc2c3ccccc3c(-c3ccc(-c4cccc5ccccc45)cc3)cc2c2ccccc12. The summed E-state index contributed by atoms with van der Waals surface area (Å²) in [4.78, 5) is 0. The summed E-state index contributed by atoms with van der Waals surface area (Å²) in [6.07, 6.45) is 7.90. The molecule has 0 atom stereocenters. The summed E-state index contributed by atoms with van der Waals surface area (Å²) in [6.45, 7) is 0. The minimum Gasteiger partial charge on any atom is -0.0722 e. The van der Waals surface area contributed by atoms with Crippen molar-refractivity contribution in [2.45, 2.75) is 6.42 Å². The molecule has 0 N–H and O–H groups in total. The van der Waals surface area contributed by atoms with E-state index in [0.717, 1.165) is 6.42 Å². The van der Waals surface area contributed by atoms with Crippen LogP contribution in [-0.4, -0.2) is 0 Å². The summed E-state index contributed by atoms with van der Waals surface area (Å²) in [5, 5.41) is 10.3. The molecule has 0 bridgehead atoms. The summed E-state index contributed by atoms with van der Waals surface area (Å²) >= 11 is 0. The van der Waals surface area contributed by atoms with E-state index in [1.807, 2.05) is 0 Å². The Hall–Kier alpha value is -5.72. The summed E-state index contributed by atoms with van der Waals surface area (Å²) in [6, 6.07) is 55.7. The number of fused-ring (bicyclic) bond motifs is 7. The maximum Gasteiger partial charge on any atom is -0.00823 e. The van der Waals surface area contributed by atoms with Crippen molar-refractivity contribution in [1.82, 2.24) is 0 Å². The Balaban J connectivity index is 1.23. The summed E-state index contributed by atoms with van der Waals surface area (Å²) in [7, 11) is 0. The van der Waals surface area contributed by atoms with E-state index in [1.165, 1.54) is 87.6 Å². The number of benzene rings is 8. The molecule has 8 aromatic carbocycles. The highest BCUT2D eigenvalue weighted by Gasteiger charge is 2.16. The van der Waals surface area contributed by atoms with Gasteiger partial charge in [0.1, 0.15) is 0 Å². The average Bonchev–Trinajstić information content (AvgIpc) is 3.34. The van der Waals surface area contributed by atoms with Crippen LogP contribution in [-0.2, 0) is 6.42 Å². The van der Waals surface area contributed by atoms with E-state index in [0.29, 0.717) is 0 Å². The van der Waals surface area contributed by atoms with Gasteiger partial charge in [-0.2, -0.15) is 0 Å². The Labute approximate surface area is 263 Å². The van der Waals surface area contributed by atoms with Crippen molar-refractivity contribution >= 4 is 54.7 Å². The molecular weight excluding hydrogens is 540 g/mol. The van der Waals surface area contributed by atoms with Crippen molar-refractivity contribution in [3.8, 4) is 22.3 Å². The van der Waals surface area contributed by atoms with Crippen LogP contribution in [0.2, 0.25) is 0 Å². The van der Waals surface area contributed by atoms with Crippen LogP contribution in [0, 0.1) is 0 Å². The maximum absolute atomic E-state index is 2.43. The highest BCUT2D eigenvalue weighted by Crippen LogP contribution is 2.42. The van der Waals surface area contributed by atoms with Crippen LogP contribution in [0.25, 0.3) is 77.0 Å². The molecule has 0 nitrogen and oxygen atoms in total. The van der Waals surface area contributed by atoms with Gasteiger partial charge in [0, 0.05) is 0 Å². The average molecular weight is 571 g/mol. The van der Waals surface area contributed by atoms with Gasteiger partial charge in [-0.15, -0.1) is 0 Å². The predicted octanol–water partition coefficient (Wildman–Crippen LogP) is 12.3. The van der Waals surface area contributed by atoms with Gasteiger partial charge in [-0.1, -0.05) is 158 Å². The lowest BCUT2D eigenvalue weighted by molar-refractivity contribution is 1.27. The molecule has 0 fully saturated rings. The Morgan fingerprint density at radius 3 is 1.67 bits per heavy atom. The summed E-state index contributed by atoms with van der Waals surface area (Å²) in [5.41, 5.74) is 10.3. The van der Waals surface area contributed by atoms with Crippen molar-refractivity contribution in [2.24, 2.45) is 0 Å². The third kappa shape index (κ3) is 4.30. The normalized spacial score (nSPS) is 12.8. The third-order valence-corrected chi connectivity index (χ3v) is 9.53. The number of hydrogen-bond donors (Lipinski definition) is 0. The first-order valence-corrected chi connectivity index (χ1v) is 15.7. The molecule has 210 valence electrons. The van der Waals surface area contributed by atoms with E-state index in [1.54, 1.807) is 0 Å². The van der Waals surface area contributed by atoms with E-state index in [-0.39, 0.29) is 0 Å². The molecule has 0 amide bonds. The molecule has 1 aliphatic rings. The standard InChI is InChI=1S/C45H30/c1-2-11-31-21-23-34(22-20-30(31)10-1)42-28-44-41-18-8-6-16-39(41)43(29-45(44)40-17-7-5-15-38(40)42)35-26-24-33(25-27-35)37-19-9-13-32-12-3-4-14-36(32)37/h1-20,22-29H,21H2. The fourth-order valence-corrected chi connectivity index (χ4v) is 7.29. The van der Waals surface area contributed by atoms with E-state index < -0.39 is 0 Å². The zero-order chi connectivity index (χ0) is 29.7. The lowest BCUT2D eigenvalue weighted by Crippen LogP contribution is -1.91. The molecular formula is C45H30. The number of allylic oxidation sites excluding steroid dienone is 3. The van der Waals surface area contributed by atoms with Gasteiger partial charge in [-0.25, -0.2) is 0 Å². The monoisotopic (exact) mass is 570 g/mol. The highest BCUT2D eigenvalue weighted by atomic mass is 14.2. The minimum atomic E-state index is 0.930. The zero-order valence-electron chi connectivity index (χ0n) is 24.9. The van der Waals surface area contributed by atoms with Gasteiger partial charge in [-0.3, -0.25) is 0 Å². The van der Waals surface area contributed by atoms with Crippen LogP contribution >= 0.6 is 0 Å². The van der Waals surface area contributed by atoms with Crippen molar-refractivity contribution < 1.29 is 0 Å². The van der Waals surface area contributed by atoms with Crippen LogP contribution in [0.15, 0.2) is 164 Å². The molecule has 0 heterocycles. The van der Waals surface area contributed by atoms with E-state index in [9.17, 15) is 0 Å². The van der Waals surface area contributed by atoms with E-state index in [2.05, 4.69) is 170 Å². The zero-order valence-corrected chi connectivity index (χ0v) is 24.9. The van der Waals surface area contributed by atoms with Gasteiger partial charge in [0.2, 0.25) is 0 Å². The first kappa shape index (κ1) is 25.7. The first-order chi connectivity index (χ1) is 22.3. The van der Waals surface area contributed by atoms with E-state index in [4.69, 9.17) is 0 Å². The quantitative estimate of drug-likeness (QED) is 0.185. The molecule has 0 aliphatic heterocycles. The molecule has 8 aromatic rings. The molecule has 0 aromatic heterocycles. The van der Waals surface area contributed by atoms with Gasteiger partial charge in [0.15, 0.2) is 0 Å². The van der Waals surface area contributed by atoms with Crippen LogP contribution in [0.3, 0.4) is 0 Å². The van der Waals surface area contributed by atoms with Crippen LogP contribution in [0.4, 0.5) is 0 Å². The van der Waals surface area contributed by atoms with Crippen molar-refractivity contribution in [3.05, 3.63) is 181 Å². The Morgan fingerprint density at radius 1 is 0.356 bits per heavy atom. The van der Waals surface area contributed by atoms with Gasteiger partial charge >= 0.3 is 0 Å². The van der Waals surface area contributed by atoms with Gasteiger partial charge in [0.05, 0.1) is 0 Å². The summed E-state index contributed by atoms with van der Waals surface area (Å²) < 4.78 is 0. The van der Waals surface area contributed by atoms with Crippen LogP contribution < -0.4 is 0 Å². The van der Waals surface area contributed by atoms with Gasteiger partial charge in [-0.05, 0) is 106 Å². The molecule has 0 radical (unpaired) electrons. The smallest absolute Gasteiger partial charge is 0.00823 e. The second-order valence-electron chi connectivity index (χ2n) is 12.0. The summed E-state index contributed by atoms with van der Waals surface area (Å²) in [5.74, 6) is 0. The Kier molecular flexibility index (Phi) is 5.99. The number of rotatable bonds is 3. The van der Waals surface area contributed by atoms with Crippen molar-refractivity contribution in [2.75, 3.05) is 0 Å². The van der Waals surface area contributed by atoms with Crippen molar-refractivity contribution in [3.63, 3.8) is 0 Å².